The molecule has 1 aliphatic heterocycles. The molecule has 6 nitrogen and oxygen atoms in total. The predicted octanol–water partition coefficient (Wildman–Crippen LogP) is 2.41. The lowest BCUT2D eigenvalue weighted by Crippen LogP contribution is -2.37. The number of carbonyl (C=O) groups is 2. The first-order chi connectivity index (χ1) is 12.4. The maximum Gasteiger partial charge on any atom is 0.317 e. The van der Waals surface area contributed by atoms with Crippen LogP contribution in [0.1, 0.15) is 38.7 Å². The molecule has 1 fully saturated rings. The van der Waals surface area contributed by atoms with E-state index in [1.54, 1.807) is 0 Å². The van der Waals surface area contributed by atoms with E-state index in [0.717, 1.165) is 37.1 Å². The SMILES string of the molecule is CC(C)Oc1ccccc1CC(=O)N1CCCC(N(C)CC(=O)O)CC1. The topological polar surface area (TPSA) is 70.1 Å². The number of rotatable bonds is 7. The number of likely N-dealkylation sites (N-methyl/N-ethyl adjacent to an activating group) is 1. The molecule has 6 heteroatoms. The number of para-hydroxylation sites is 1. The fourth-order valence-corrected chi connectivity index (χ4v) is 3.40. The highest BCUT2D eigenvalue weighted by molar-refractivity contribution is 5.79. The molecule has 1 unspecified atom stereocenters. The molecule has 1 aromatic carbocycles. The van der Waals surface area contributed by atoms with Gasteiger partial charge in [0.25, 0.3) is 0 Å². The van der Waals surface area contributed by atoms with Gasteiger partial charge in [-0.3, -0.25) is 14.5 Å². The van der Waals surface area contributed by atoms with Gasteiger partial charge in [0.1, 0.15) is 5.75 Å². The summed E-state index contributed by atoms with van der Waals surface area (Å²) in [4.78, 5) is 27.5. The van der Waals surface area contributed by atoms with Crippen molar-refractivity contribution in [3.8, 4) is 5.75 Å². The number of hydrogen-bond acceptors (Lipinski definition) is 4. The van der Waals surface area contributed by atoms with Crippen molar-refractivity contribution < 1.29 is 19.4 Å². The van der Waals surface area contributed by atoms with Crippen LogP contribution in [0, 0.1) is 0 Å². The highest BCUT2D eigenvalue weighted by Crippen LogP contribution is 2.22. The second-order valence-electron chi connectivity index (χ2n) is 7.23. The summed E-state index contributed by atoms with van der Waals surface area (Å²) in [6.07, 6.45) is 3.01. The van der Waals surface area contributed by atoms with E-state index < -0.39 is 5.97 Å². The molecule has 1 atom stereocenters. The number of nitrogens with zero attached hydrogens (tertiary/aromatic N) is 2. The molecular weight excluding hydrogens is 332 g/mol. The Morgan fingerprint density at radius 3 is 2.69 bits per heavy atom. The van der Waals surface area contributed by atoms with E-state index >= 15 is 0 Å². The van der Waals surface area contributed by atoms with Crippen molar-refractivity contribution in [2.24, 2.45) is 0 Å². The van der Waals surface area contributed by atoms with E-state index in [0.29, 0.717) is 13.0 Å². The van der Waals surface area contributed by atoms with Crippen LogP contribution in [0.5, 0.6) is 5.75 Å². The fraction of sp³-hybridized carbons (Fsp3) is 0.600. The molecule has 1 aliphatic rings. The molecule has 0 saturated carbocycles. The zero-order valence-corrected chi connectivity index (χ0v) is 16.0. The van der Waals surface area contributed by atoms with Crippen LogP contribution in [0.2, 0.25) is 0 Å². The summed E-state index contributed by atoms with van der Waals surface area (Å²) in [6, 6.07) is 7.90. The van der Waals surface area contributed by atoms with Gasteiger partial charge in [-0.05, 0) is 46.2 Å². The first-order valence-corrected chi connectivity index (χ1v) is 9.31. The van der Waals surface area contributed by atoms with Crippen LogP contribution >= 0.6 is 0 Å². The fourth-order valence-electron chi connectivity index (χ4n) is 3.40. The Hall–Kier alpha value is -2.08. The van der Waals surface area contributed by atoms with Crippen LogP contribution in [-0.2, 0) is 16.0 Å². The lowest BCUT2D eigenvalue weighted by Gasteiger charge is -2.25. The van der Waals surface area contributed by atoms with Crippen molar-refractivity contribution in [1.29, 1.82) is 0 Å². The van der Waals surface area contributed by atoms with Crippen molar-refractivity contribution in [2.75, 3.05) is 26.7 Å². The number of aliphatic carboxylic acids is 1. The minimum Gasteiger partial charge on any atom is -0.491 e. The average Bonchev–Trinajstić information content (AvgIpc) is 2.81. The summed E-state index contributed by atoms with van der Waals surface area (Å²) < 4.78 is 5.81. The quantitative estimate of drug-likeness (QED) is 0.807. The molecule has 1 aromatic rings. The summed E-state index contributed by atoms with van der Waals surface area (Å²) in [7, 11) is 1.84. The van der Waals surface area contributed by atoms with Gasteiger partial charge in [-0.2, -0.15) is 0 Å². The molecule has 1 heterocycles. The molecule has 0 radical (unpaired) electrons. The Bertz CT molecular complexity index is 618. The maximum absolute atomic E-state index is 12.8. The van der Waals surface area contributed by atoms with Crippen LogP contribution < -0.4 is 4.74 Å². The van der Waals surface area contributed by atoms with Crippen molar-refractivity contribution in [3.05, 3.63) is 29.8 Å². The first kappa shape index (κ1) is 20.2. The van der Waals surface area contributed by atoms with Gasteiger partial charge in [-0.1, -0.05) is 18.2 Å². The van der Waals surface area contributed by atoms with Crippen LogP contribution in [0.15, 0.2) is 24.3 Å². The highest BCUT2D eigenvalue weighted by Gasteiger charge is 2.24. The van der Waals surface area contributed by atoms with E-state index in [-0.39, 0.29) is 24.6 Å². The zero-order valence-electron chi connectivity index (χ0n) is 16.0. The maximum atomic E-state index is 12.8. The Kier molecular flexibility index (Phi) is 7.45. The number of amides is 1. The van der Waals surface area contributed by atoms with Gasteiger partial charge in [-0.15, -0.1) is 0 Å². The van der Waals surface area contributed by atoms with E-state index in [2.05, 4.69) is 0 Å². The molecule has 1 N–H and O–H groups in total. The van der Waals surface area contributed by atoms with Gasteiger partial charge in [-0.25, -0.2) is 0 Å². The van der Waals surface area contributed by atoms with Gasteiger partial charge in [0.15, 0.2) is 0 Å². The van der Waals surface area contributed by atoms with Crippen LogP contribution in [-0.4, -0.2) is 65.6 Å². The summed E-state index contributed by atoms with van der Waals surface area (Å²) in [6.45, 7) is 5.38. The Labute approximate surface area is 155 Å². The van der Waals surface area contributed by atoms with Gasteiger partial charge in [0.2, 0.25) is 5.91 Å². The second kappa shape index (κ2) is 9.57. The number of carbonyl (C=O) groups excluding carboxylic acids is 1. The molecule has 26 heavy (non-hydrogen) atoms. The lowest BCUT2D eigenvalue weighted by atomic mass is 10.1. The monoisotopic (exact) mass is 362 g/mol. The predicted molar refractivity (Wildman–Crippen MR) is 100 cm³/mol. The summed E-state index contributed by atoms with van der Waals surface area (Å²) >= 11 is 0. The number of benzene rings is 1. The van der Waals surface area contributed by atoms with E-state index in [9.17, 15) is 9.59 Å². The minimum atomic E-state index is -0.813. The summed E-state index contributed by atoms with van der Waals surface area (Å²) in [5, 5.41) is 8.96. The largest absolute Gasteiger partial charge is 0.491 e. The van der Waals surface area contributed by atoms with E-state index in [4.69, 9.17) is 9.84 Å². The molecule has 0 spiro atoms. The molecule has 2 rings (SSSR count). The smallest absolute Gasteiger partial charge is 0.317 e. The Morgan fingerprint density at radius 2 is 2.00 bits per heavy atom. The third kappa shape index (κ3) is 6.02. The minimum absolute atomic E-state index is 0.0402. The highest BCUT2D eigenvalue weighted by atomic mass is 16.5. The van der Waals surface area contributed by atoms with Crippen LogP contribution in [0.25, 0.3) is 0 Å². The summed E-state index contributed by atoms with van der Waals surface area (Å²) in [5.41, 5.74) is 0.912. The zero-order chi connectivity index (χ0) is 19.1. The van der Waals surface area contributed by atoms with Crippen LogP contribution in [0.3, 0.4) is 0 Å². The Balaban J connectivity index is 1.95. The van der Waals surface area contributed by atoms with Gasteiger partial charge in [0.05, 0.1) is 19.1 Å². The molecular formula is C20H30N2O4. The number of hydrogen-bond donors (Lipinski definition) is 1. The number of likely N-dealkylation sites (tertiary alicyclic amines) is 1. The number of carboxylic acid groups (broad SMARTS) is 1. The molecule has 144 valence electrons. The van der Waals surface area contributed by atoms with Crippen molar-refractivity contribution in [3.63, 3.8) is 0 Å². The first-order valence-electron chi connectivity index (χ1n) is 9.31. The van der Waals surface area contributed by atoms with Crippen molar-refractivity contribution in [2.45, 2.75) is 51.7 Å². The standard InChI is InChI=1S/C20H30N2O4/c1-15(2)26-18-9-5-4-7-16(18)13-19(23)22-11-6-8-17(10-12-22)21(3)14-20(24)25/h4-5,7,9,15,17H,6,8,10-14H2,1-3H3,(H,24,25). The van der Waals surface area contributed by atoms with Crippen molar-refractivity contribution >= 4 is 11.9 Å². The van der Waals surface area contributed by atoms with Gasteiger partial charge >= 0.3 is 5.97 Å². The second-order valence-corrected chi connectivity index (χ2v) is 7.23. The van der Waals surface area contributed by atoms with Gasteiger partial charge in [0, 0.05) is 24.7 Å². The van der Waals surface area contributed by atoms with E-state index in [1.165, 1.54) is 0 Å². The molecule has 0 bridgehead atoms. The summed E-state index contributed by atoms with van der Waals surface area (Å²) in [5.74, 6) is 0.0579. The third-order valence-electron chi connectivity index (χ3n) is 4.74. The molecule has 0 aliphatic carbocycles. The molecule has 1 amide bonds. The number of carboxylic acids is 1. The third-order valence-corrected chi connectivity index (χ3v) is 4.74. The van der Waals surface area contributed by atoms with Crippen molar-refractivity contribution in [1.82, 2.24) is 9.80 Å². The molecule has 1 saturated heterocycles. The lowest BCUT2D eigenvalue weighted by molar-refractivity contribution is -0.138. The Morgan fingerprint density at radius 1 is 1.27 bits per heavy atom. The normalized spacial score (nSPS) is 18.0. The average molecular weight is 362 g/mol. The number of ether oxygens (including phenoxy) is 1. The van der Waals surface area contributed by atoms with E-state index in [1.807, 2.05) is 55.0 Å². The molecule has 0 aromatic heterocycles. The van der Waals surface area contributed by atoms with Gasteiger partial charge < -0.3 is 14.7 Å². The van der Waals surface area contributed by atoms with Crippen LogP contribution in [0.4, 0.5) is 0 Å².